The molecule has 1 N–H and O–H groups in total. The van der Waals surface area contributed by atoms with Crippen LogP contribution in [0.2, 0.25) is 0 Å². The number of hydrogen-bond donors (Lipinski definition) is 1. The third-order valence-electron chi connectivity index (χ3n) is 3.44. The standard InChI is InChI=1S/C11H18N2O3/c1-7(9-4-3-5-16-9)13-8(2)11(15)12-6-10(13)14/h7-9H,3-6H2,1-2H3,(H,12,15). The highest BCUT2D eigenvalue weighted by atomic mass is 16.5. The summed E-state index contributed by atoms with van der Waals surface area (Å²) in [7, 11) is 0. The summed E-state index contributed by atoms with van der Waals surface area (Å²) in [4.78, 5) is 25.0. The third-order valence-corrected chi connectivity index (χ3v) is 3.44. The fraction of sp³-hybridized carbons (Fsp3) is 0.818. The Morgan fingerprint density at radius 2 is 2.25 bits per heavy atom. The van der Waals surface area contributed by atoms with E-state index >= 15 is 0 Å². The van der Waals surface area contributed by atoms with Crippen LogP contribution in [0.4, 0.5) is 0 Å². The van der Waals surface area contributed by atoms with Crippen LogP contribution < -0.4 is 5.32 Å². The van der Waals surface area contributed by atoms with Gasteiger partial charge in [0.15, 0.2) is 0 Å². The number of rotatable bonds is 2. The lowest BCUT2D eigenvalue weighted by molar-refractivity contribution is -0.150. The maximum atomic E-state index is 11.8. The lowest BCUT2D eigenvalue weighted by Crippen LogP contribution is -2.61. The molecule has 2 fully saturated rings. The summed E-state index contributed by atoms with van der Waals surface area (Å²) in [6.45, 7) is 4.60. The molecule has 3 atom stereocenters. The van der Waals surface area contributed by atoms with Gasteiger partial charge in [0.2, 0.25) is 11.8 Å². The van der Waals surface area contributed by atoms with Crippen LogP contribution in [0, 0.1) is 0 Å². The zero-order chi connectivity index (χ0) is 11.7. The fourth-order valence-corrected chi connectivity index (χ4v) is 2.49. The van der Waals surface area contributed by atoms with E-state index in [1.165, 1.54) is 0 Å². The Kier molecular flexibility index (Phi) is 3.14. The van der Waals surface area contributed by atoms with E-state index in [0.717, 1.165) is 19.4 Å². The highest BCUT2D eigenvalue weighted by Crippen LogP contribution is 2.22. The summed E-state index contributed by atoms with van der Waals surface area (Å²) in [5.41, 5.74) is 0. The minimum atomic E-state index is -0.388. The highest BCUT2D eigenvalue weighted by Gasteiger charge is 2.38. The summed E-state index contributed by atoms with van der Waals surface area (Å²) < 4.78 is 5.57. The Hall–Kier alpha value is -1.10. The zero-order valence-corrected chi connectivity index (χ0v) is 9.73. The van der Waals surface area contributed by atoms with Gasteiger partial charge in [0.05, 0.1) is 18.7 Å². The van der Waals surface area contributed by atoms with Gasteiger partial charge in [-0.1, -0.05) is 0 Å². The van der Waals surface area contributed by atoms with Crippen molar-refractivity contribution >= 4 is 11.8 Å². The van der Waals surface area contributed by atoms with E-state index in [-0.39, 0.29) is 36.5 Å². The summed E-state index contributed by atoms with van der Waals surface area (Å²) in [6.07, 6.45) is 2.09. The molecule has 0 spiro atoms. The number of hydrogen-bond acceptors (Lipinski definition) is 3. The van der Waals surface area contributed by atoms with Crippen LogP contribution in [0.25, 0.3) is 0 Å². The normalized spacial score (nSPS) is 32.8. The average molecular weight is 226 g/mol. The lowest BCUT2D eigenvalue weighted by Gasteiger charge is -2.39. The smallest absolute Gasteiger partial charge is 0.242 e. The summed E-state index contributed by atoms with van der Waals surface area (Å²) in [5, 5.41) is 2.59. The van der Waals surface area contributed by atoms with Crippen LogP contribution in [0.5, 0.6) is 0 Å². The molecule has 2 rings (SSSR count). The third kappa shape index (κ3) is 1.91. The highest BCUT2D eigenvalue weighted by molar-refractivity contribution is 5.94. The minimum Gasteiger partial charge on any atom is -0.376 e. The van der Waals surface area contributed by atoms with Crippen molar-refractivity contribution in [3.8, 4) is 0 Å². The van der Waals surface area contributed by atoms with Gasteiger partial charge in [-0.05, 0) is 26.7 Å². The van der Waals surface area contributed by atoms with Crippen molar-refractivity contribution in [1.29, 1.82) is 0 Å². The van der Waals surface area contributed by atoms with E-state index in [0.29, 0.717) is 0 Å². The molecule has 0 aromatic heterocycles. The van der Waals surface area contributed by atoms with E-state index in [9.17, 15) is 9.59 Å². The molecule has 0 radical (unpaired) electrons. The van der Waals surface area contributed by atoms with Gasteiger partial charge < -0.3 is 15.0 Å². The predicted molar refractivity (Wildman–Crippen MR) is 57.8 cm³/mol. The van der Waals surface area contributed by atoms with Crippen molar-refractivity contribution in [3.63, 3.8) is 0 Å². The Labute approximate surface area is 95.1 Å². The molecule has 2 heterocycles. The Morgan fingerprint density at radius 1 is 1.50 bits per heavy atom. The van der Waals surface area contributed by atoms with E-state index in [1.807, 2.05) is 6.92 Å². The molecule has 16 heavy (non-hydrogen) atoms. The maximum absolute atomic E-state index is 11.8. The quantitative estimate of drug-likeness (QED) is 0.715. The molecule has 2 aliphatic heterocycles. The first-order chi connectivity index (χ1) is 7.61. The number of amides is 2. The summed E-state index contributed by atoms with van der Waals surface area (Å²) in [6, 6.07) is -0.406. The number of carbonyl (C=O) groups is 2. The van der Waals surface area contributed by atoms with Crippen molar-refractivity contribution in [3.05, 3.63) is 0 Å². The van der Waals surface area contributed by atoms with E-state index in [1.54, 1.807) is 11.8 Å². The molecule has 0 aromatic carbocycles. The minimum absolute atomic E-state index is 0.0175. The van der Waals surface area contributed by atoms with Crippen LogP contribution in [-0.4, -0.2) is 48.1 Å². The van der Waals surface area contributed by atoms with E-state index < -0.39 is 0 Å². The van der Waals surface area contributed by atoms with Gasteiger partial charge in [-0.2, -0.15) is 0 Å². The first-order valence-corrected chi connectivity index (χ1v) is 5.81. The van der Waals surface area contributed by atoms with Crippen LogP contribution in [0.15, 0.2) is 0 Å². The van der Waals surface area contributed by atoms with E-state index in [4.69, 9.17) is 4.74 Å². The van der Waals surface area contributed by atoms with Crippen LogP contribution in [0.3, 0.4) is 0 Å². The SMILES string of the molecule is CC1C(=O)NCC(=O)N1C(C)C1CCCO1. The van der Waals surface area contributed by atoms with Crippen molar-refractivity contribution < 1.29 is 14.3 Å². The van der Waals surface area contributed by atoms with Gasteiger partial charge in [0.25, 0.3) is 0 Å². The second-order valence-electron chi connectivity index (χ2n) is 4.49. The van der Waals surface area contributed by atoms with Crippen LogP contribution in [0.1, 0.15) is 26.7 Å². The molecule has 0 aromatic rings. The van der Waals surface area contributed by atoms with Crippen molar-refractivity contribution in [2.24, 2.45) is 0 Å². The molecule has 5 heteroatoms. The topological polar surface area (TPSA) is 58.6 Å². The molecule has 5 nitrogen and oxygen atoms in total. The summed E-state index contributed by atoms with van der Waals surface area (Å²) in [5.74, 6) is -0.0976. The van der Waals surface area contributed by atoms with Crippen LogP contribution >= 0.6 is 0 Å². The number of nitrogens with one attached hydrogen (secondary N) is 1. The molecule has 2 aliphatic rings. The molecule has 0 aliphatic carbocycles. The largest absolute Gasteiger partial charge is 0.376 e. The van der Waals surface area contributed by atoms with Crippen molar-refractivity contribution in [1.82, 2.24) is 10.2 Å². The Bertz CT molecular complexity index is 300. The number of carbonyl (C=O) groups excluding carboxylic acids is 2. The first-order valence-electron chi connectivity index (χ1n) is 5.81. The van der Waals surface area contributed by atoms with Gasteiger partial charge >= 0.3 is 0 Å². The molecular formula is C11H18N2O3. The lowest BCUT2D eigenvalue weighted by atomic mass is 10.0. The Balaban J connectivity index is 2.09. The maximum Gasteiger partial charge on any atom is 0.242 e. The van der Waals surface area contributed by atoms with Gasteiger partial charge in [0, 0.05) is 6.61 Å². The number of nitrogens with zero attached hydrogens (tertiary/aromatic N) is 1. The van der Waals surface area contributed by atoms with Gasteiger partial charge in [-0.25, -0.2) is 0 Å². The molecule has 2 saturated heterocycles. The van der Waals surface area contributed by atoms with Gasteiger partial charge in [-0.15, -0.1) is 0 Å². The van der Waals surface area contributed by atoms with Gasteiger partial charge in [-0.3, -0.25) is 9.59 Å². The second kappa shape index (κ2) is 4.41. The second-order valence-corrected chi connectivity index (χ2v) is 4.49. The molecule has 0 bridgehead atoms. The predicted octanol–water partition coefficient (Wildman–Crippen LogP) is -0.0992. The monoisotopic (exact) mass is 226 g/mol. The molecule has 0 saturated carbocycles. The zero-order valence-electron chi connectivity index (χ0n) is 9.73. The average Bonchev–Trinajstić information content (AvgIpc) is 2.77. The molecule has 90 valence electrons. The van der Waals surface area contributed by atoms with Crippen molar-refractivity contribution in [2.75, 3.05) is 13.2 Å². The summed E-state index contributed by atoms with van der Waals surface area (Å²) >= 11 is 0. The first kappa shape index (κ1) is 11.4. The number of piperazine rings is 1. The van der Waals surface area contributed by atoms with E-state index in [2.05, 4.69) is 5.32 Å². The Morgan fingerprint density at radius 3 is 2.88 bits per heavy atom. The fourth-order valence-electron chi connectivity index (χ4n) is 2.49. The van der Waals surface area contributed by atoms with Crippen LogP contribution in [-0.2, 0) is 14.3 Å². The van der Waals surface area contributed by atoms with Crippen molar-refractivity contribution in [2.45, 2.75) is 44.9 Å². The molecule has 3 unspecified atom stereocenters. The molecule has 2 amide bonds. The number of ether oxygens (including phenoxy) is 1. The molecular weight excluding hydrogens is 208 g/mol. The van der Waals surface area contributed by atoms with Gasteiger partial charge in [0.1, 0.15) is 6.04 Å².